The van der Waals surface area contributed by atoms with Gasteiger partial charge in [0.15, 0.2) is 0 Å². The third-order valence-electron chi connectivity index (χ3n) is 3.67. The number of ether oxygens (including phenoxy) is 1. The molecule has 5 nitrogen and oxygen atoms in total. The number of H-pyrrole nitrogens is 1. The van der Waals surface area contributed by atoms with Gasteiger partial charge in [0.1, 0.15) is 5.75 Å². The molecule has 1 aromatic heterocycles. The Morgan fingerprint density at radius 1 is 1.29 bits per heavy atom. The summed E-state index contributed by atoms with van der Waals surface area (Å²) in [6.07, 6.45) is 2.77. The number of amides is 1. The van der Waals surface area contributed by atoms with E-state index in [9.17, 15) is 4.79 Å². The third-order valence-corrected chi connectivity index (χ3v) is 4.09. The number of halogens is 1. The molecule has 2 N–H and O–H groups in total. The number of anilines is 1. The van der Waals surface area contributed by atoms with Gasteiger partial charge < -0.3 is 10.1 Å². The number of rotatable bonds is 6. The summed E-state index contributed by atoms with van der Waals surface area (Å²) >= 11 is 5.98. The molecule has 0 saturated carbocycles. The van der Waals surface area contributed by atoms with Crippen molar-refractivity contribution in [3.63, 3.8) is 0 Å². The lowest BCUT2D eigenvalue weighted by atomic mass is 10.2. The van der Waals surface area contributed by atoms with Gasteiger partial charge >= 0.3 is 0 Å². The number of aromatic amines is 1. The van der Waals surface area contributed by atoms with E-state index in [1.165, 1.54) is 0 Å². The molecule has 0 aliphatic carbocycles. The second kappa shape index (κ2) is 7.36. The van der Waals surface area contributed by atoms with Crippen LogP contribution in [0.3, 0.4) is 0 Å². The van der Waals surface area contributed by atoms with Gasteiger partial charge in [0.05, 0.1) is 18.3 Å². The van der Waals surface area contributed by atoms with E-state index in [-0.39, 0.29) is 5.91 Å². The summed E-state index contributed by atoms with van der Waals surface area (Å²) < 4.78 is 5.64. The Balaban J connectivity index is 1.44. The molecule has 24 heavy (non-hydrogen) atoms. The minimum absolute atomic E-state index is 0.0336. The number of fused-ring (bicyclic) bond motifs is 1. The zero-order valence-electron chi connectivity index (χ0n) is 13.3. The Morgan fingerprint density at radius 2 is 2.17 bits per heavy atom. The van der Waals surface area contributed by atoms with Gasteiger partial charge in [-0.15, -0.1) is 0 Å². The van der Waals surface area contributed by atoms with E-state index in [0.717, 1.165) is 32.9 Å². The van der Waals surface area contributed by atoms with Gasteiger partial charge in [0.25, 0.3) is 0 Å². The molecule has 0 unspecified atom stereocenters. The number of aryl methyl sites for hydroxylation is 1. The molecule has 3 aromatic rings. The molecular weight excluding hydrogens is 326 g/mol. The minimum Gasteiger partial charge on any atom is -0.494 e. The van der Waals surface area contributed by atoms with E-state index in [1.54, 1.807) is 6.20 Å². The van der Waals surface area contributed by atoms with Crippen molar-refractivity contribution < 1.29 is 9.53 Å². The van der Waals surface area contributed by atoms with Crippen LogP contribution in [0.1, 0.15) is 18.4 Å². The first kappa shape index (κ1) is 16.3. The maximum Gasteiger partial charge on any atom is 0.224 e. The number of nitrogens with one attached hydrogen (secondary N) is 2. The average Bonchev–Trinajstić information content (AvgIpc) is 3.02. The first-order chi connectivity index (χ1) is 11.6. The van der Waals surface area contributed by atoms with E-state index < -0.39 is 0 Å². The van der Waals surface area contributed by atoms with Crippen molar-refractivity contribution >= 4 is 34.1 Å². The van der Waals surface area contributed by atoms with Crippen molar-refractivity contribution in [3.05, 3.63) is 53.2 Å². The Kier molecular flexibility index (Phi) is 5.01. The number of nitrogens with zero attached hydrogens (tertiary/aromatic N) is 1. The largest absolute Gasteiger partial charge is 0.494 e. The molecule has 0 radical (unpaired) electrons. The quantitative estimate of drug-likeness (QED) is 0.655. The van der Waals surface area contributed by atoms with Crippen LogP contribution in [0, 0.1) is 6.92 Å². The van der Waals surface area contributed by atoms with Crippen LogP contribution < -0.4 is 10.1 Å². The molecule has 0 bridgehead atoms. The Hall–Kier alpha value is -2.53. The lowest BCUT2D eigenvalue weighted by Gasteiger charge is -2.08. The molecule has 0 aliphatic heterocycles. The predicted octanol–water partition coefficient (Wildman–Crippen LogP) is 4.32. The number of hydrogen-bond donors (Lipinski definition) is 2. The van der Waals surface area contributed by atoms with Crippen molar-refractivity contribution in [1.82, 2.24) is 10.2 Å². The molecule has 3 rings (SSSR count). The van der Waals surface area contributed by atoms with Crippen LogP contribution in [0.4, 0.5) is 5.69 Å². The standard InChI is InChI=1S/C18H18ClN3O2/c1-12-9-15(5-6-16(12)19)24-8-2-3-18(23)21-14-4-7-17-13(10-14)11-20-22-17/h4-7,9-11H,2-3,8H2,1H3,(H,20,22)(H,21,23). The van der Waals surface area contributed by atoms with Crippen LogP contribution in [0.2, 0.25) is 5.02 Å². The van der Waals surface area contributed by atoms with Crippen molar-refractivity contribution in [3.8, 4) is 5.75 Å². The Labute approximate surface area is 145 Å². The Morgan fingerprint density at radius 3 is 3.00 bits per heavy atom. The van der Waals surface area contributed by atoms with Crippen molar-refractivity contribution in [1.29, 1.82) is 0 Å². The Bertz CT molecular complexity index is 860. The van der Waals surface area contributed by atoms with Gasteiger partial charge in [-0.1, -0.05) is 11.6 Å². The molecule has 0 spiro atoms. The fourth-order valence-corrected chi connectivity index (χ4v) is 2.49. The number of hydrogen-bond acceptors (Lipinski definition) is 3. The van der Waals surface area contributed by atoms with Gasteiger partial charge in [0, 0.05) is 22.5 Å². The number of carbonyl (C=O) groups excluding carboxylic acids is 1. The highest BCUT2D eigenvalue weighted by atomic mass is 35.5. The second-order valence-corrected chi connectivity index (χ2v) is 5.99. The fraction of sp³-hybridized carbons (Fsp3) is 0.222. The number of carbonyl (C=O) groups is 1. The molecule has 0 saturated heterocycles. The van der Waals surface area contributed by atoms with Crippen LogP contribution >= 0.6 is 11.6 Å². The first-order valence-corrected chi connectivity index (χ1v) is 8.11. The molecule has 2 aromatic carbocycles. The van der Waals surface area contributed by atoms with Gasteiger partial charge in [-0.3, -0.25) is 9.89 Å². The molecular formula is C18H18ClN3O2. The van der Waals surface area contributed by atoms with Gasteiger partial charge in [0.2, 0.25) is 5.91 Å². The lowest BCUT2D eigenvalue weighted by Crippen LogP contribution is -2.12. The van der Waals surface area contributed by atoms with Gasteiger partial charge in [-0.05, 0) is 55.3 Å². The lowest BCUT2D eigenvalue weighted by molar-refractivity contribution is -0.116. The minimum atomic E-state index is -0.0336. The summed E-state index contributed by atoms with van der Waals surface area (Å²) in [6, 6.07) is 11.2. The van der Waals surface area contributed by atoms with Crippen LogP contribution in [0.15, 0.2) is 42.6 Å². The number of aromatic nitrogens is 2. The van der Waals surface area contributed by atoms with Crippen LogP contribution in [0.25, 0.3) is 10.9 Å². The monoisotopic (exact) mass is 343 g/mol. The maximum atomic E-state index is 12.0. The zero-order chi connectivity index (χ0) is 16.9. The molecule has 1 heterocycles. The van der Waals surface area contributed by atoms with Gasteiger partial charge in [-0.25, -0.2) is 0 Å². The molecule has 6 heteroatoms. The van der Waals surface area contributed by atoms with Crippen LogP contribution in [-0.4, -0.2) is 22.7 Å². The summed E-state index contributed by atoms with van der Waals surface area (Å²) in [5.41, 5.74) is 2.68. The summed E-state index contributed by atoms with van der Waals surface area (Å²) in [7, 11) is 0. The SMILES string of the molecule is Cc1cc(OCCCC(=O)Nc2ccc3[nH]ncc3c2)ccc1Cl. The van der Waals surface area contributed by atoms with E-state index in [4.69, 9.17) is 16.3 Å². The summed E-state index contributed by atoms with van der Waals surface area (Å²) in [5, 5.41) is 11.4. The zero-order valence-corrected chi connectivity index (χ0v) is 14.1. The highest BCUT2D eigenvalue weighted by molar-refractivity contribution is 6.31. The topological polar surface area (TPSA) is 67.0 Å². The first-order valence-electron chi connectivity index (χ1n) is 7.74. The average molecular weight is 344 g/mol. The van der Waals surface area contributed by atoms with Crippen molar-refractivity contribution in [2.45, 2.75) is 19.8 Å². The summed E-state index contributed by atoms with van der Waals surface area (Å²) in [4.78, 5) is 12.0. The maximum absolute atomic E-state index is 12.0. The second-order valence-electron chi connectivity index (χ2n) is 5.58. The van der Waals surface area contributed by atoms with Gasteiger partial charge in [-0.2, -0.15) is 5.10 Å². The van der Waals surface area contributed by atoms with Crippen molar-refractivity contribution in [2.75, 3.05) is 11.9 Å². The summed E-state index contributed by atoms with van der Waals surface area (Å²) in [6.45, 7) is 2.41. The molecule has 0 aliphatic rings. The number of benzene rings is 2. The molecule has 124 valence electrons. The van der Waals surface area contributed by atoms with Crippen molar-refractivity contribution in [2.24, 2.45) is 0 Å². The van der Waals surface area contributed by atoms with Crippen LogP contribution in [-0.2, 0) is 4.79 Å². The normalized spacial score (nSPS) is 10.8. The summed E-state index contributed by atoms with van der Waals surface area (Å²) in [5.74, 6) is 0.733. The van der Waals surface area contributed by atoms with E-state index in [2.05, 4.69) is 15.5 Å². The highest BCUT2D eigenvalue weighted by Crippen LogP contribution is 2.21. The highest BCUT2D eigenvalue weighted by Gasteiger charge is 2.05. The van der Waals surface area contributed by atoms with E-state index >= 15 is 0 Å². The smallest absolute Gasteiger partial charge is 0.224 e. The van der Waals surface area contributed by atoms with Crippen LogP contribution in [0.5, 0.6) is 5.75 Å². The molecule has 0 fully saturated rings. The third kappa shape index (κ3) is 4.06. The predicted molar refractivity (Wildman–Crippen MR) is 95.6 cm³/mol. The van der Waals surface area contributed by atoms with E-state index in [0.29, 0.717) is 19.4 Å². The van der Waals surface area contributed by atoms with E-state index in [1.807, 2.05) is 43.3 Å². The molecule has 1 amide bonds. The molecule has 0 atom stereocenters. The fourth-order valence-electron chi connectivity index (χ4n) is 2.37.